The maximum Gasteiger partial charge on any atom is 0.315 e. The van der Waals surface area contributed by atoms with Crippen LogP contribution in [0.25, 0.3) is 22.3 Å². The first-order valence-corrected chi connectivity index (χ1v) is 12.6. The monoisotopic (exact) mass is 552 g/mol. The van der Waals surface area contributed by atoms with E-state index in [1.165, 1.54) is 12.7 Å². The number of ether oxygens (including phenoxy) is 2. The molecule has 1 unspecified atom stereocenters. The van der Waals surface area contributed by atoms with Crippen molar-refractivity contribution < 1.29 is 19.1 Å². The molecule has 4 amide bonds. The van der Waals surface area contributed by atoms with Crippen LogP contribution in [0.4, 0.5) is 21.2 Å². The van der Waals surface area contributed by atoms with Gasteiger partial charge in [0.25, 0.3) is 0 Å². The predicted molar refractivity (Wildman–Crippen MR) is 139 cm³/mol. The van der Waals surface area contributed by atoms with Gasteiger partial charge in [-0.1, -0.05) is 0 Å². The van der Waals surface area contributed by atoms with Crippen molar-refractivity contribution in [3.8, 4) is 0 Å². The minimum absolute atomic E-state index is 0.0981. The van der Waals surface area contributed by atoms with Gasteiger partial charge in [0.1, 0.15) is 36.1 Å². The van der Waals surface area contributed by atoms with E-state index in [0.29, 0.717) is 34.6 Å². The predicted octanol–water partition coefficient (Wildman–Crippen LogP) is -0.868. The number of carbonyl (C=O) groups excluding carboxylic acids is 2. The number of hydrogen-bond donors (Lipinski definition) is 6. The number of imidazole rings is 2. The Morgan fingerprint density at radius 1 is 0.850 bits per heavy atom. The lowest BCUT2D eigenvalue weighted by molar-refractivity contribution is 0.00236. The molecule has 2 saturated heterocycles. The lowest BCUT2D eigenvalue weighted by atomic mass is 10.1. The highest BCUT2D eigenvalue weighted by Crippen LogP contribution is 2.32. The molecule has 0 radical (unpaired) electrons. The van der Waals surface area contributed by atoms with Crippen LogP contribution < -0.4 is 33.2 Å². The number of hydrogen-bond acceptors (Lipinski definition) is 12. The Bertz CT molecular complexity index is 1560. The first-order valence-electron chi connectivity index (χ1n) is 12.6. The van der Waals surface area contributed by atoms with Crippen LogP contribution in [-0.4, -0.2) is 82.4 Å². The van der Waals surface area contributed by atoms with Gasteiger partial charge in [0.05, 0.1) is 30.9 Å². The summed E-state index contributed by atoms with van der Waals surface area (Å²) >= 11 is 0. The Labute approximate surface area is 226 Å². The third-order valence-corrected chi connectivity index (χ3v) is 7.00. The number of aromatic nitrogens is 8. The number of rotatable bonds is 7. The van der Waals surface area contributed by atoms with Gasteiger partial charge in [-0.2, -0.15) is 0 Å². The molecule has 210 valence electrons. The minimum Gasteiger partial charge on any atom is -0.382 e. The number of nitrogens with two attached hydrogens (primary N) is 3. The van der Waals surface area contributed by atoms with Crippen LogP contribution in [-0.2, 0) is 9.47 Å². The number of nitrogens with one attached hydrogen (secondary N) is 3. The summed E-state index contributed by atoms with van der Waals surface area (Å²) in [6, 6.07) is -1.55. The van der Waals surface area contributed by atoms with E-state index in [1.54, 1.807) is 17.2 Å². The first kappa shape index (κ1) is 25.4. The average molecular weight is 553 g/mol. The van der Waals surface area contributed by atoms with Gasteiger partial charge in [-0.3, -0.25) is 9.13 Å². The summed E-state index contributed by atoms with van der Waals surface area (Å²) in [6.07, 6.45) is 6.16. The second-order valence-corrected chi connectivity index (χ2v) is 9.53. The number of nitrogens with zero attached hydrogens (tertiary/aromatic N) is 8. The Hall–Kier alpha value is -4.84. The van der Waals surface area contributed by atoms with Gasteiger partial charge in [0.2, 0.25) is 0 Å². The summed E-state index contributed by atoms with van der Waals surface area (Å²) < 4.78 is 15.8. The van der Waals surface area contributed by atoms with Gasteiger partial charge in [-0.05, 0) is 12.8 Å². The lowest BCUT2D eigenvalue weighted by Crippen LogP contribution is -2.50. The van der Waals surface area contributed by atoms with Crippen molar-refractivity contribution in [2.75, 3.05) is 24.6 Å². The van der Waals surface area contributed by atoms with Crippen molar-refractivity contribution in [1.82, 2.24) is 55.0 Å². The van der Waals surface area contributed by atoms with E-state index in [1.807, 2.05) is 4.57 Å². The molecule has 0 saturated carbocycles. The highest BCUT2D eigenvalue weighted by Gasteiger charge is 2.38. The number of carbonyl (C=O) groups is 2. The largest absolute Gasteiger partial charge is 0.382 e. The quantitative estimate of drug-likeness (QED) is 0.164. The number of urea groups is 2. The lowest BCUT2D eigenvalue weighted by Gasteiger charge is -2.21. The summed E-state index contributed by atoms with van der Waals surface area (Å²) in [6.45, 7) is 0.385. The number of fused-ring (bicyclic) bond motifs is 2. The summed E-state index contributed by atoms with van der Waals surface area (Å²) in [5, 5.41) is 8.34. The van der Waals surface area contributed by atoms with Crippen molar-refractivity contribution in [2.45, 2.75) is 50.0 Å². The number of primary amides is 1. The molecule has 4 aromatic rings. The van der Waals surface area contributed by atoms with Crippen LogP contribution in [0.3, 0.4) is 0 Å². The third-order valence-electron chi connectivity index (χ3n) is 7.00. The van der Waals surface area contributed by atoms with Gasteiger partial charge in [-0.15, -0.1) is 0 Å². The fourth-order valence-electron chi connectivity index (χ4n) is 5.07. The van der Waals surface area contributed by atoms with Crippen molar-refractivity contribution >= 4 is 46.0 Å². The standard InChI is InChI=1S/C22H28N14O4/c23-17-15-19(30-6-28-17)35(8-32-15)13-2-1-10(39-13)4-27-22(38)34-11-3-14(40-12(11)5-26-21(25)37)36-9-33-16-18(24)29-7-31-20(16)36/h6-14H,1-5H2,(H2,23,28,30)(H2,24,29,31)(H3,25,26,37)(H2,27,34,38)/t10-,11?,12+,13+,14+/m0/s1. The van der Waals surface area contributed by atoms with E-state index in [9.17, 15) is 9.59 Å². The molecule has 2 aliphatic rings. The van der Waals surface area contributed by atoms with Gasteiger partial charge < -0.3 is 42.6 Å². The molecule has 2 fully saturated rings. The molecule has 5 atom stereocenters. The molecule has 0 spiro atoms. The van der Waals surface area contributed by atoms with Crippen LogP contribution >= 0.6 is 0 Å². The smallest absolute Gasteiger partial charge is 0.315 e. The molecule has 0 bridgehead atoms. The van der Waals surface area contributed by atoms with Gasteiger partial charge in [0, 0.05) is 19.5 Å². The zero-order valence-electron chi connectivity index (χ0n) is 21.2. The number of nitrogen functional groups attached to an aromatic ring is 2. The summed E-state index contributed by atoms with van der Waals surface area (Å²) in [5.74, 6) is 0.551. The van der Waals surface area contributed by atoms with Crippen LogP contribution in [0.15, 0.2) is 25.3 Å². The van der Waals surface area contributed by atoms with E-state index in [4.69, 9.17) is 26.7 Å². The fourth-order valence-corrected chi connectivity index (χ4v) is 5.07. The molecule has 18 heteroatoms. The highest BCUT2D eigenvalue weighted by atomic mass is 16.5. The maximum atomic E-state index is 12.9. The molecule has 2 aliphatic heterocycles. The van der Waals surface area contributed by atoms with Gasteiger partial charge >= 0.3 is 12.1 Å². The molecule has 18 nitrogen and oxygen atoms in total. The van der Waals surface area contributed by atoms with Crippen molar-refractivity contribution in [3.05, 3.63) is 25.3 Å². The summed E-state index contributed by atoms with van der Waals surface area (Å²) in [4.78, 5) is 49.2. The molecule has 0 aromatic carbocycles. The van der Waals surface area contributed by atoms with Gasteiger partial charge in [0.15, 0.2) is 22.9 Å². The average Bonchev–Trinajstić information content (AvgIpc) is 3.72. The molecule has 6 heterocycles. The molecule has 4 aromatic heterocycles. The number of amides is 4. The van der Waals surface area contributed by atoms with E-state index in [-0.39, 0.29) is 31.2 Å². The van der Waals surface area contributed by atoms with Crippen LogP contribution in [0.1, 0.15) is 31.7 Å². The molecule has 9 N–H and O–H groups in total. The Morgan fingerprint density at radius 3 is 2.15 bits per heavy atom. The maximum absolute atomic E-state index is 12.9. The van der Waals surface area contributed by atoms with E-state index < -0.39 is 30.4 Å². The zero-order chi connectivity index (χ0) is 27.8. The van der Waals surface area contributed by atoms with E-state index in [2.05, 4.69) is 45.9 Å². The SMILES string of the molecule is NC(=O)NC[C@H]1O[C@@H](n2cnc3c(N)ncnc32)CC1NC(=O)NC[C@@H]1CC[C@H](n2cnc3c(N)ncnc32)O1. The molecular weight excluding hydrogens is 524 g/mol. The first-order chi connectivity index (χ1) is 19.4. The van der Waals surface area contributed by atoms with Crippen molar-refractivity contribution in [3.63, 3.8) is 0 Å². The Morgan fingerprint density at radius 2 is 1.50 bits per heavy atom. The molecule has 40 heavy (non-hydrogen) atoms. The second-order valence-electron chi connectivity index (χ2n) is 9.53. The van der Waals surface area contributed by atoms with Gasteiger partial charge in [-0.25, -0.2) is 39.5 Å². The minimum atomic E-state index is -0.698. The summed E-state index contributed by atoms with van der Waals surface area (Å²) in [7, 11) is 0. The fraction of sp³-hybridized carbons (Fsp3) is 0.455. The van der Waals surface area contributed by atoms with Crippen LogP contribution in [0, 0.1) is 0 Å². The Balaban J connectivity index is 1.07. The van der Waals surface area contributed by atoms with Crippen molar-refractivity contribution in [1.29, 1.82) is 0 Å². The second kappa shape index (κ2) is 10.4. The van der Waals surface area contributed by atoms with Crippen molar-refractivity contribution in [2.24, 2.45) is 5.73 Å². The van der Waals surface area contributed by atoms with E-state index >= 15 is 0 Å². The summed E-state index contributed by atoms with van der Waals surface area (Å²) in [5.41, 5.74) is 19.1. The zero-order valence-corrected chi connectivity index (χ0v) is 21.2. The molecular formula is C22H28N14O4. The van der Waals surface area contributed by atoms with Crippen LogP contribution in [0.5, 0.6) is 0 Å². The molecule has 0 aliphatic carbocycles. The Kier molecular flexibility index (Phi) is 6.60. The third kappa shape index (κ3) is 4.84. The highest BCUT2D eigenvalue weighted by molar-refractivity contribution is 5.82. The van der Waals surface area contributed by atoms with E-state index in [0.717, 1.165) is 12.8 Å². The van der Waals surface area contributed by atoms with Crippen LogP contribution in [0.2, 0.25) is 0 Å². The normalized spacial score (nSPS) is 24.4. The topological polar surface area (TPSA) is 254 Å². The molecule has 6 rings (SSSR count). The number of anilines is 2.